The Morgan fingerprint density at radius 1 is 1.21 bits per heavy atom. The first-order valence-corrected chi connectivity index (χ1v) is 7.43. The van der Waals surface area contributed by atoms with Crippen LogP contribution in [-0.4, -0.2) is 20.0 Å². The largest absolute Gasteiger partial charge is 0.349 e. The summed E-state index contributed by atoms with van der Waals surface area (Å²) in [5.74, 6) is 0.170. The molecule has 0 saturated heterocycles. The van der Waals surface area contributed by atoms with Crippen molar-refractivity contribution >= 4 is 15.9 Å². The zero-order chi connectivity index (χ0) is 13.9. The van der Waals surface area contributed by atoms with Gasteiger partial charge in [-0.2, -0.15) is 0 Å². The van der Waals surface area contributed by atoms with E-state index in [4.69, 9.17) is 9.47 Å². The van der Waals surface area contributed by atoms with E-state index in [-0.39, 0.29) is 0 Å². The molecule has 1 aromatic carbocycles. The van der Waals surface area contributed by atoms with Crippen LogP contribution in [0.25, 0.3) is 0 Å². The standard InChI is InChI=1S/C16H21BrO2/c1-12-14(11-13-7-5-4-6-8-13)9-10-15(17)16(12,18-2)19-3/h4-8,10,12,14H,9,11H2,1-3H3. The zero-order valence-electron chi connectivity index (χ0n) is 11.7. The summed E-state index contributed by atoms with van der Waals surface area (Å²) in [6.45, 7) is 2.20. The van der Waals surface area contributed by atoms with Gasteiger partial charge in [-0.1, -0.05) is 59.3 Å². The first-order valence-electron chi connectivity index (χ1n) is 6.64. The third-order valence-corrected chi connectivity index (χ3v) is 5.06. The molecule has 1 aromatic rings. The molecular formula is C16H21BrO2. The molecule has 0 radical (unpaired) electrons. The number of hydrogen-bond donors (Lipinski definition) is 0. The van der Waals surface area contributed by atoms with Crippen LogP contribution in [0.4, 0.5) is 0 Å². The Labute approximate surface area is 123 Å². The van der Waals surface area contributed by atoms with Crippen LogP contribution in [0.1, 0.15) is 18.9 Å². The predicted octanol–water partition coefficient (Wildman–Crippen LogP) is 4.15. The molecule has 0 amide bonds. The van der Waals surface area contributed by atoms with Crippen LogP contribution >= 0.6 is 15.9 Å². The Hall–Kier alpha value is -0.640. The van der Waals surface area contributed by atoms with E-state index in [9.17, 15) is 0 Å². The van der Waals surface area contributed by atoms with E-state index in [1.807, 2.05) is 0 Å². The van der Waals surface area contributed by atoms with Crippen molar-refractivity contribution < 1.29 is 9.47 Å². The van der Waals surface area contributed by atoms with Crippen molar-refractivity contribution in [2.45, 2.75) is 25.6 Å². The SMILES string of the molecule is COC1(OC)C(Br)=CCC(Cc2ccccc2)C1C. The maximum atomic E-state index is 5.68. The van der Waals surface area contributed by atoms with Crippen LogP contribution in [0, 0.1) is 11.8 Å². The third-order valence-electron chi connectivity index (χ3n) is 4.19. The third kappa shape index (κ3) is 2.78. The minimum absolute atomic E-state index is 0.294. The highest BCUT2D eigenvalue weighted by molar-refractivity contribution is 9.11. The van der Waals surface area contributed by atoms with E-state index < -0.39 is 5.79 Å². The van der Waals surface area contributed by atoms with Crippen LogP contribution < -0.4 is 0 Å². The molecule has 0 saturated carbocycles. The molecule has 0 aliphatic heterocycles. The normalized spacial score (nSPS) is 26.0. The summed E-state index contributed by atoms with van der Waals surface area (Å²) in [5.41, 5.74) is 1.37. The number of rotatable bonds is 4. The van der Waals surface area contributed by atoms with Gasteiger partial charge in [0.1, 0.15) is 0 Å². The summed E-state index contributed by atoms with van der Waals surface area (Å²) >= 11 is 3.60. The fourth-order valence-corrected chi connectivity index (χ4v) is 3.83. The zero-order valence-corrected chi connectivity index (χ0v) is 13.3. The second-order valence-corrected chi connectivity index (χ2v) is 5.96. The van der Waals surface area contributed by atoms with Gasteiger partial charge in [0.25, 0.3) is 0 Å². The van der Waals surface area contributed by atoms with Crippen LogP contribution in [0.15, 0.2) is 40.9 Å². The number of benzene rings is 1. The topological polar surface area (TPSA) is 18.5 Å². The molecule has 2 unspecified atom stereocenters. The monoisotopic (exact) mass is 324 g/mol. The van der Waals surface area contributed by atoms with E-state index in [2.05, 4.69) is 59.3 Å². The molecule has 104 valence electrons. The van der Waals surface area contributed by atoms with E-state index in [0.717, 1.165) is 17.3 Å². The molecule has 2 rings (SSSR count). The van der Waals surface area contributed by atoms with Crippen LogP contribution in [0.5, 0.6) is 0 Å². The van der Waals surface area contributed by atoms with Gasteiger partial charge in [-0.05, 0) is 24.3 Å². The number of methoxy groups -OCH3 is 2. The fraction of sp³-hybridized carbons (Fsp3) is 0.500. The smallest absolute Gasteiger partial charge is 0.203 e. The molecule has 19 heavy (non-hydrogen) atoms. The number of ether oxygens (including phenoxy) is 2. The van der Waals surface area contributed by atoms with Crippen molar-refractivity contribution in [1.82, 2.24) is 0 Å². The first-order chi connectivity index (χ1) is 9.14. The molecule has 2 atom stereocenters. The number of allylic oxidation sites excluding steroid dienone is 1. The van der Waals surface area contributed by atoms with Crippen LogP contribution in [-0.2, 0) is 15.9 Å². The lowest BCUT2D eigenvalue weighted by Gasteiger charge is -2.43. The Balaban J connectivity index is 2.21. The van der Waals surface area contributed by atoms with Crippen molar-refractivity contribution in [2.75, 3.05) is 14.2 Å². The molecule has 0 heterocycles. The van der Waals surface area contributed by atoms with Gasteiger partial charge < -0.3 is 9.47 Å². The van der Waals surface area contributed by atoms with Gasteiger partial charge in [-0.25, -0.2) is 0 Å². The van der Waals surface area contributed by atoms with Gasteiger partial charge in [0.2, 0.25) is 5.79 Å². The highest BCUT2D eigenvalue weighted by Gasteiger charge is 2.45. The van der Waals surface area contributed by atoms with Crippen LogP contribution in [0.3, 0.4) is 0 Å². The molecular weight excluding hydrogens is 304 g/mol. The molecule has 0 spiro atoms. The minimum atomic E-state index is -0.641. The highest BCUT2D eigenvalue weighted by Crippen LogP contribution is 2.44. The van der Waals surface area contributed by atoms with Crippen molar-refractivity contribution in [3.8, 4) is 0 Å². The summed E-state index contributed by atoms with van der Waals surface area (Å²) in [6, 6.07) is 10.6. The first kappa shape index (κ1) is 14.8. The second kappa shape index (κ2) is 6.21. The predicted molar refractivity (Wildman–Crippen MR) is 81.2 cm³/mol. The maximum absolute atomic E-state index is 5.68. The molecule has 0 aromatic heterocycles. The van der Waals surface area contributed by atoms with E-state index >= 15 is 0 Å². The fourth-order valence-electron chi connectivity index (χ4n) is 2.96. The van der Waals surface area contributed by atoms with Gasteiger partial charge in [0.05, 0.1) is 4.48 Å². The van der Waals surface area contributed by atoms with E-state index in [1.54, 1.807) is 14.2 Å². The lowest BCUT2D eigenvalue weighted by Crippen LogP contribution is -2.47. The highest BCUT2D eigenvalue weighted by atomic mass is 79.9. The van der Waals surface area contributed by atoms with Crippen molar-refractivity contribution in [2.24, 2.45) is 11.8 Å². The Morgan fingerprint density at radius 3 is 2.42 bits per heavy atom. The molecule has 0 N–H and O–H groups in total. The molecule has 2 nitrogen and oxygen atoms in total. The second-order valence-electron chi connectivity index (χ2n) is 5.10. The average molecular weight is 325 g/mol. The summed E-state index contributed by atoms with van der Waals surface area (Å²) in [4.78, 5) is 0. The van der Waals surface area contributed by atoms with Gasteiger partial charge in [-0.3, -0.25) is 0 Å². The van der Waals surface area contributed by atoms with E-state index in [0.29, 0.717) is 11.8 Å². The Kier molecular flexibility index (Phi) is 4.82. The summed E-state index contributed by atoms with van der Waals surface area (Å²) < 4.78 is 12.4. The summed E-state index contributed by atoms with van der Waals surface area (Å²) in [7, 11) is 3.42. The van der Waals surface area contributed by atoms with Gasteiger partial charge in [0.15, 0.2) is 0 Å². The Bertz CT molecular complexity index is 437. The molecule has 3 heteroatoms. The lowest BCUT2D eigenvalue weighted by atomic mass is 9.76. The molecule has 0 fully saturated rings. The van der Waals surface area contributed by atoms with Crippen molar-refractivity contribution in [3.63, 3.8) is 0 Å². The van der Waals surface area contributed by atoms with Gasteiger partial charge >= 0.3 is 0 Å². The van der Waals surface area contributed by atoms with Gasteiger partial charge in [-0.15, -0.1) is 0 Å². The lowest BCUT2D eigenvalue weighted by molar-refractivity contribution is -0.216. The van der Waals surface area contributed by atoms with Crippen LogP contribution in [0.2, 0.25) is 0 Å². The van der Waals surface area contributed by atoms with Gasteiger partial charge in [0, 0.05) is 20.1 Å². The number of hydrogen-bond acceptors (Lipinski definition) is 2. The summed E-state index contributed by atoms with van der Waals surface area (Å²) in [6.07, 6.45) is 4.28. The quantitative estimate of drug-likeness (QED) is 0.774. The molecule has 0 bridgehead atoms. The Morgan fingerprint density at radius 2 is 1.84 bits per heavy atom. The molecule has 1 aliphatic rings. The average Bonchev–Trinajstić information content (AvgIpc) is 2.45. The van der Waals surface area contributed by atoms with Crippen molar-refractivity contribution in [3.05, 3.63) is 46.5 Å². The molecule has 1 aliphatic carbocycles. The van der Waals surface area contributed by atoms with Crippen molar-refractivity contribution in [1.29, 1.82) is 0 Å². The minimum Gasteiger partial charge on any atom is -0.349 e. The summed E-state index contributed by atoms with van der Waals surface area (Å²) in [5, 5.41) is 0. The maximum Gasteiger partial charge on any atom is 0.203 e. The number of halogens is 1. The van der Waals surface area contributed by atoms with E-state index in [1.165, 1.54) is 5.56 Å².